The van der Waals surface area contributed by atoms with Gasteiger partial charge in [-0.1, -0.05) is 6.07 Å². The Morgan fingerprint density at radius 2 is 1.77 bits per heavy atom. The average molecular weight is 303 g/mol. The van der Waals surface area contributed by atoms with Gasteiger partial charge in [-0.05, 0) is 55.8 Å². The third-order valence-electron chi connectivity index (χ3n) is 3.18. The second kappa shape index (κ2) is 6.93. The SMILES string of the molecule is COc1ccc(OC(C)C(=O)Nc2ccc(C)c(F)c2)cc1. The molecule has 0 saturated heterocycles. The van der Waals surface area contributed by atoms with E-state index in [0.29, 0.717) is 22.7 Å². The first-order chi connectivity index (χ1) is 10.5. The first-order valence-corrected chi connectivity index (χ1v) is 6.87. The molecule has 2 rings (SSSR count). The Morgan fingerprint density at radius 3 is 2.36 bits per heavy atom. The van der Waals surface area contributed by atoms with E-state index in [9.17, 15) is 9.18 Å². The van der Waals surface area contributed by atoms with Gasteiger partial charge in [0.1, 0.15) is 17.3 Å². The molecule has 0 heterocycles. The Kier molecular flexibility index (Phi) is 4.99. The lowest BCUT2D eigenvalue weighted by Gasteiger charge is -2.15. The van der Waals surface area contributed by atoms with Gasteiger partial charge < -0.3 is 14.8 Å². The Balaban J connectivity index is 1.97. The van der Waals surface area contributed by atoms with E-state index in [1.807, 2.05) is 0 Å². The third-order valence-corrected chi connectivity index (χ3v) is 3.18. The van der Waals surface area contributed by atoms with Crippen molar-refractivity contribution >= 4 is 11.6 Å². The summed E-state index contributed by atoms with van der Waals surface area (Å²) in [5, 5.41) is 2.62. The lowest BCUT2D eigenvalue weighted by atomic mass is 10.2. The van der Waals surface area contributed by atoms with Crippen LogP contribution in [0.15, 0.2) is 42.5 Å². The highest BCUT2D eigenvalue weighted by molar-refractivity contribution is 5.94. The number of nitrogens with one attached hydrogen (secondary N) is 1. The zero-order chi connectivity index (χ0) is 16.1. The van der Waals surface area contributed by atoms with Crippen LogP contribution in [0.1, 0.15) is 12.5 Å². The summed E-state index contributed by atoms with van der Waals surface area (Å²) >= 11 is 0. The number of anilines is 1. The molecule has 5 heteroatoms. The molecule has 0 bridgehead atoms. The van der Waals surface area contributed by atoms with Crippen molar-refractivity contribution in [3.05, 3.63) is 53.8 Å². The third kappa shape index (κ3) is 3.97. The van der Waals surface area contributed by atoms with Crippen molar-refractivity contribution in [3.8, 4) is 11.5 Å². The molecule has 0 aliphatic carbocycles. The molecule has 0 spiro atoms. The van der Waals surface area contributed by atoms with E-state index in [4.69, 9.17) is 9.47 Å². The van der Waals surface area contributed by atoms with E-state index in [0.717, 1.165) is 0 Å². The van der Waals surface area contributed by atoms with Crippen LogP contribution in [0.5, 0.6) is 11.5 Å². The summed E-state index contributed by atoms with van der Waals surface area (Å²) in [4.78, 5) is 12.1. The van der Waals surface area contributed by atoms with Gasteiger partial charge in [-0.15, -0.1) is 0 Å². The molecule has 1 N–H and O–H groups in total. The summed E-state index contributed by atoms with van der Waals surface area (Å²) in [5.41, 5.74) is 0.929. The highest BCUT2D eigenvalue weighted by Crippen LogP contribution is 2.19. The number of ether oxygens (including phenoxy) is 2. The van der Waals surface area contributed by atoms with Gasteiger partial charge in [0.05, 0.1) is 7.11 Å². The van der Waals surface area contributed by atoms with Crippen molar-refractivity contribution in [2.75, 3.05) is 12.4 Å². The van der Waals surface area contributed by atoms with Crippen LogP contribution in [-0.2, 0) is 4.79 Å². The zero-order valence-corrected chi connectivity index (χ0v) is 12.7. The van der Waals surface area contributed by atoms with Crippen molar-refractivity contribution in [2.24, 2.45) is 0 Å². The Bertz CT molecular complexity index is 655. The van der Waals surface area contributed by atoms with E-state index < -0.39 is 6.10 Å². The molecule has 0 aliphatic rings. The summed E-state index contributed by atoms with van der Waals surface area (Å²) in [7, 11) is 1.58. The molecule has 1 unspecified atom stereocenters. The molecule has 2 aromatic rings. The number of rotatable bonds is 5. The summed E-state index contributed by atoms with van der Waals surface area (Å²) in [5.74, 6) is 0.554. The van der Waals surface area contributed by atoms with Gasteiger partial charge in [0.15, 0.2) is 6.10 Å². The topological polar surface area (TPSA) is 47.6 Å². The maximum absolute atomic E-state index is 13.5. The number of hydrogen-bond acceptors (Lipinski definition) is 3. The number of benzene rings is 2. The minimum absolute atomic E-state index is 0.348. The molecule has 4 nitrogen and oxygen atoms in total. The zero-order valence-electron chi connectivity index (χ0n) is 12.7. The maximum atomic E-state index is 13.5. The van der Waals surface area contributed by atoms with Gasteiger partial charge in [-0.2, -0.15) is 0 Å². The molecular weight excluding hydrogens is 285 g/mol. The smallest absolute Gasteiger partial charge is 0.265 e. The van der Waals surface area contributed by atoms with Gasteiger partial charge in [-0.25, -0.2) is 4.39 Å². The van der Waals surface area contributed by atoms with Crippen molar-refractivity contribution in [3.63, 3.8) is 0 Å². The van der Waals surface area contributed by atoms with Gasteiger partial charge in [0.2, 0.25) is 0 Å². The number of methoxy groups -OCH3 is 1. The number of halogens is 1. The van der Waals surface area contributed by atoms with Gasteiger partial charge in [-0.3, -0.25) is 4.79 Å². The molecular formula is C17H18FNO3. The molecule has 0 aromatic heterocycles. The van der Waals surface area contributed by atoms with Crippen LogP contribution in [0.2, 0.25) is 0 Å². The van der Waals surface area contributed by atoms with Gasteiger partial charge >= 0.3 is 0 Å². The highest BCUT2D eigenvalue weighted by Gasteiger charge is 2.15. The molecule has 22 heavy (non-hydrogen) atoms. The van der Waals surface area contributed by atoms with Crippen LogP contribution in [0, 0.1) is 12.7 Å². The summed E-state index contributed by atoms with van der Waals surface area (Å²) < 4.78 is 24.0. The summed E-state index contributed by atoms with van der Waals surface area (Å²) in [6, 6.07) is 11.5. The molecule has 116 valence electrons. The van der Waals surface area contributed by atoms with Crippen LogP contribution in [0.3, 0.4) is 0 Å². The molecule has 2 aromatic carbocycles. The van der Waals surface area contributed by atoms with Gasteiger partial charge in [0.25, 0.3) is 5.91 Å². The normalized spacial score (nSPS) is 11.6. The molecule has 0 saturated carbocycles. The van der Waals surface area contributed by atoms with Crippen molar-refractivity contribution in [2.45, 2.75) is 20.0 Å². The minimum Gasteiger partial charge on any atom is -0.497 e. The van der Waals surface area contributed by atoms with Crippen molar-refractivity contribution in [1.82, 2.24) is 0 Å². The summed E-state index contributed by atoms with van der Waals surface area (Å²) in [6.45, 7) is 3.29. The highest BCUT2D eigenvalue weighted by atomic mass is 19.1. The van der Waals surface area contributed by atoms with E-state index in [1.54, 1.807) is 57.4 Å². The largest absolute Gasteiger partial charge is 0.497 e. The second-order valence-corrected chi connectivity index (χ2v) is 4.89. The van der Waals surface area contributed by atoms with E-state index >= 15 is 0 Å². The lowest BCUT2D eigenvalue weighted by Crippen LogP contribution is -2.30. The monoisotopic (exact) mass is 303 g/mol. The fourth-order valence-corrected chi connectivity index (χ4v) is 1.83. The van der Waals surface area contributed by atoms with Crippen LogP contribution in [-0.4, -0.2) is 19.1 Å². The standard InChI is InChI=1S/C17H18FNO3/c1-11-4-5-13(10-16(11)18)19-17(20)12(2)22-15-8-6-14(21-3)7-9-15/h4-10,12H,1-3H3,(H,19,20). The molecule has 0 fully saturated rings. The predicted molar refractivity (Wildman–Crippen MR) is 82.9 cm³/mol. The first kappa shape index (κ1) is 15.8. The van der Waals surface area contributed by atoms with Crippen LogP contribution in [0.4, 0.5) is 10.1 Å². The first-order valence-electron chi connectivity index (χ1n) is 6.87. The molecule has 0 radical (unpaired) electrons. The van der Waals surface area contributed by atoms with Crippen LogP contribution >= 0.6 is 0 Å². The average Bonchev–Trinajstić information content (AvgIpc) is 2.51. The predicted octanol–water partition coefficient (Wildman–Crippen LogP) is 3.55. The second-order valence-electron chi connectivity index (χ2n) is 4.89. The number of aryl methyl sites for hydroxylation is 1. The van der Waals surface area contributed by atoms with Crippen molar-refractivity contribution in [1.29, 1.82) is 0 Å². The van der Waals surface area contributed by atoms with E-state index in [-0.39, 0.29) is 11.7 Å². The number of amides is 1. The summed E-state index contributed by atoms with van der Waals surface area (Å²) in [6.07, 6.45) is -0.710. The minimum atomic E-state index is -0.710. The fraction of sp³-hybridized carbons (Fsp3) is 0.235. The molecule has 1 atom stereocenters. The Morgan fingerprint density at radius 1 is 1.14 bits per heavy atom. The molecule has 0 aliphatic heterocycles. The van der Waals surface area contributed by atoms with E-state index in [1.165, 1.54) is 6.07 Å². The Hall–Kier alpha value is -2.56. The van der Waals surface area contributed by atoms with Crippen LogP contribution < -0.4 is 14.8 Å². The maximum Gasteiger partial charge on any atom is 0.265 e. The van der Waals surface area contributed by atoms with Gasteiger partial charge in [0, 0.05) is 5.69 Å². The number of hydrogen-bond donors (Lipinski definition) is 1. The molecule has 1 amide bonds. The van der Waals surface area contributed by atoms with E-state index in [2.05, 4.69) is 5.32 Å². The van der Waals surface area contributed by atoms with Crippen LogP contribution in [0.25, 0.3) is 0 Å². The fourth-order valence-electron chi connectivity index (χ4n) is 1.83. The Labute approximate surface area is 128 Å². The number of carbonyl (C=O) groups is 1. The van der Waals surface area contributed by atoms with Crippen molar-refractivity contribution < 1.29 is 18.7 Å². The quantitative estimate of drug-likeness (QED) is 0.919. The lowest BCUT2D eigenvalue weighted by molar-refractivity contribution is -0.122. The number of carbonyl (C=O) groups excluding carboxylic acids is 1.